The second-order valence-corrected chi connectivity index (χ2v) is 5.44. The molecule has 0 saturated carbocycles. The highest BCUT2D eigenvalue weighted by Crippen LogP contribution is 2.32. The number of amides is 1. The minimum Gasteiger partial charge on any atom is -0.496 e. The molecule has 0 aliphatic carbocycles. The van der Waals surface area contributed by atoms with Crippen molar-refractivity contribution in [2.45, 2.75) is 18.9 Å². The molecule has 1 aliphatic rings. The van der Waals surface area contributed by atoms with Gasteiger partial charge in [-0.2, -0.15) is 5.10 Å². The van der Waals surface area contributed by atoms with Crippen molar-refractivity contribution in [1.82, 2.24) is 10.2 Å². The van der Waals surface area contributed by atoms with Crippen molar-refractivity contribution in [3.8, 4) is 17.0 Å². The van der Waals surface area contributed by atoms with Crippen LogP contribution in [0, 0.1) is 0 Å². The summed E-state index contributed by atoms with van der Waals surface area (Å²) in [6.07, 6.45) is 1.26. The molecule has 0 spiro atoms. The largest absolute Gasteiger partial charge is 0.496 e. The fourth-order valence-corrected chi connectivity index (χ4v) is 2.58. The molecule has 2 N–H and O–H groups in total. The van der Waals surface area contributed by atoms with Gasteiger partial charge >= 0.3 is 0 Å². The van der Waals surface area contributed by atoms with Gasteiger partial charge in [-0.1, -0.05) is 11.6 Å². The first kappa shape index (κ1) is 14.9. The number of hydrogen-bond donors (Lipinski definition) is 2. The Morgan fingerprint density at radius 1 is 1.50 bits per heavy atom. The molecular formula is C15H16ClN3O3. The van der Waals surface area contributed by atoms with Crippen LogP contribution in [0.4, 0.5) is 5.82 Å². The van der Waals surface area contributed by atoms with Gasteiger partial charge in [0.1, 0.15) is 11.9 Å². The van der Waals surface area contributed by atoms with E-state index in [1.165, 1.54) is 0 Å². The Labute approximate surface area is 132 Å². The molecule has 116 valence electrons. The van der Waals surface area contributed by atoms with Crippen molar-refractivity contribution in [1.29, 1.82) is 0 Å². The zero-order chi connectivity index (χ0) is 15.5. The fourth-order valence-electron chi connectivity index (χ4n) is 2.41. The third kappa shape index (κ3) is 3.08. The number of anilines is 1. The predicted molar refractivity (Wildman–Crippen MR) is 83.2 cm³/mol. The quantitative estimate of drug-likeness (QED) is 0.908. The van der Waals surface area contributed by atoms with Gasteiger partial charge in [-0.25, -0.2) is 0 Å². The van der Waals surface area contributed by atoms with Gasteiger partial charge in [0.25, 0.3) is 5.91 Å². The Kier molecular flexibility index (Phi) is 4.31. The van der Waals surface area contributed by atoms with Crippen molar-refractivity contribution in [2.75, 3.05) is 19.0 Å². The van der Waals surface area contributed by atoms with Crippen molar-refractivity contribution in [3.05, 3.63) is 29.3 Å². The molecule has 6 nitrogen and oxygen atoms in total. The highest BCUT2D eigenvalue weighted by Gasteiger charge is 2.24. The van der Waals surface area contributed by atoms with Crippen molar-refractivity contribution in [3.63, 3.8) is 0 Å². The zero-order valence-electron chi connectivity index (χ0n) is 12.1. The van der Waals surface area contributed by atoms with E-state index in [2.05, 4.69) is 15.5 Å². The Hall–Kier alpha value is -2.05. The summed E-state index contributed by atoms with van der Waals surface area (Å²) in [5.41, 5.74) is 1.49. The van der Waals surface area contributed by atoms with Gasteiger partial charge < -0.3 is 14.8 Å². The van der Waals surface area contributed by atoms with Crippen LogP contribution < -0.4 is 10.1 Å². The highest BCUT2D eigenvalue weighted by atomic mass is 35.5. The molecule has 22 heavy (non-hydrogen) atoms. The molecule has 0 radical (unpaired) electrons. The first-order valence-corrected chi connectivity index (χ1v) is 7.37. The molecule has 7 heteroatoms. The molecule has 1 saturated heterocycles. The Balaban J connectivity index is 1.79. The molecule has 1 atom stereocenters. The van der Waals surface area contributed by atoms with E-state index in [1.807, 2.05) is 0 Å². The summed E-state index contributed by atoms with van der Waals surface area (Å²) >= 11 is 6.02. The first-order chi connectivity index (χ1) is 10.7. The maximum atomic E-state index is 12.0. The number of carbonyl (C=O) groups is 1. The Bertz CT molecular complexity index is 680. The minimum absolute atomic E-state index is 0.173. The van der Waals surface area contributed by atoms with Crippen LogP contribution in [0.3, 0.4) is 0 Å². The van der Waals surface area contributed by atoms with Gasteiger partial charge in [0.15, 0.2) is 5.82 Å². The second kappa shape index (κ2) is 6.37. The summed E-state index contributed by atoms with van der Waals surface area (Å²) in [7, 11) is 1.59. The summed E-state index contributed by atoms with van der Waals surface area (Å²) in [4.78, 5) is 12.0. The van der Waals surface area contributed by atoms with E-state index in [4.69, 9.17) is 21.1 Å². The van der Waals surface area contributed by atoms with Gasteiger partial charge in [0.2, 0.25) is 0 Å². The van der Waals surface area contributed by atoms with Gasteiger partial charge in [-0.05, 0) is 31.0 Å². The topological polar surface area (TPSA) is 76.2 Å². The highest BCUT2D eigenvalue weighted by molar-refractivity contribution is 6.31. The van der Waals surface area contributed by atoms with Crippen molar-refractivity contribution < 1.29 is 14.3 Å². The van der Waals surface area contributed by atoms with E-state index in [-0.39, 0.29) is 12.0 Å². The number of nitrogens with one attached hydrogen (secondary N) is 2. The maximum absolute atomic E-state index is 12.0. The third-order valence-corrected chi connectivity index (χ3v) is 3.74. The molecule has 1 aliphatic heterocycles. The van der Waals surface area contributed by atoms with Crippen LogP contribution in [0.15, 0.2) is 24.3 Å². The monoisotopic (exact) mass is 321 g/mol. The lowest BCUT2D eigenvalue weighted by atomic mass is 10.1. The van der Waals surface area contributed by atoms with Crippen LogP contribution >= 0.6 is 11.6 Å². The number of methoxy groups -OCH3 is 1. The van der Waals surface area contributed by atoms with Gasteiger partial charge in [-0.3, -0.25) is 9.89 Å². The first-order valence-electron chi connectivity index (χ1n) is 6.99. The van der Waals surface area contributed by atoms with E-state index in [9.17, 15) is 4.79 Å². The van der Waals surface area contributed by atoms with Crippen LogP contribution in [-0.2, 0) is 9.53 Å². The summed E-state index contributed by atoms with van der Waals surface area (Å²) in [6.45, 7) is 0.629. The normalized spacial score (nSPS) is 17.5. The third-order valence-electron chi connectivity index (χ3n) is 3.50. The average molecular weight is 322 g/mol. The van der Waals surface area contributed by atoms with Gasteiger partial charge in [-0.15, -0.1) is 0 Å². The maximum Gasteiger partial charge on any atom is 0.254 e. The Morgan fingerprint density at radius 3 is 3.09 bits per heavy atom. The summed E-state index contributed by atoms with van der Waals surface area (Å²) in [5.74, 6) is 0.941. The lowest BCUT2D eigenvalue weighted by molar-refractivity contribution is -0.124. The summed E-state index contributed by atoms with van der Waals surface area (Å²) in [5, 5.41) is 10.3. The summed E-state index contributed by atoms with van der Waals surface area (Å²) < 4.78 is 10.7. The molecular weight excluding hydrogens is 306 g/mol. The van der Waals surface area contributed by atoms with E-state index >= 15 is 0 Å². The van der Waals surface area contributed by atoms with Crippen molar-refractivity contribution in [2.24, 2.45) is 0 Å². The van der Waals surface area contributed by atoms with Crippen LogP contribution in [0.5, 0.6) is 5.75 Å². The molecule has 0 unspecified atom stereocenters. The standard InChI is InChI=1S/C15H16ClN3O3/c1-21-12-5-4-9(16)7-10(12)11-8-14(19-18-11)17-15(20)13-3-2-6-22-13/h4-5,7-8,13H,2-3,6H2,1H3,(H2,17,18,19,20)/t13-/m1/s1. The van der Waals surface area contributed by atoms with Crippen LogP contribution in [0.2, 0.25) is 5.02 Å². The van der Waals surface area contributed by atoms with E-state index < -0.39 is 0 Å². The lowest BCUT2D eigenvalue weighted by Crippen LogP contribution is -2.26. The van der Waals surface area contributed by atoms with Crippen LogP contribution in [0.25, 0.3) is 11.3 Å². The molecule has 2 aromatic rings. The van der Waals surface area contributed by atoms with E-state index in [0.29, 0.717) is 28.9 Å². The number of ether oxygens (including phenoxy) is 2. The average Bonchev–Trinajstić information content (AvgIpc) is 3.18. The second-order valence-electron chi connectivity index (χ2n) is 5.00. The van der Waals surface area contributed by atoms with Crippen LogP contribution in [0.1, 0.15) is 12.8 Å². The molecule has 1 aromatic heterocycles. The lowest BCUT2D eigenvalue weighted by Gasteiger charge is -2.08. The number of hydrogen-bond acceptors (Lipinski definition) is 4. The zero-order valence-corrected chi connectivity index (χ0v) is 12.8. The number of H-pyrrole nitrogens is 1. The number of benzene rings is 1. The number of aromatic amines is 1. The minimum atomic E-state index is -0.388. The van der Waals surface area contributed by atoms with E-state index in [1.54, 1.807) is 31.4 Å². The predicted octanol–water partition coefficient (Wildman–Crippen LogP) is 2.86. The number of aromatic nitrogens is 2. The van der Waals surface area contributed by atoms with Gasteiger partial charge in [0.05, 0.1) is 12.8 Å². The molecule has 2 heterocycles. The smallest absolute Gasteiger partial charge is 0.254 e. The van der Waals surface area contributed by atoms with Crippen molar-refractivity contribution >= 4 is 23.3 Å². The SMILES string of the molecule is COc1ccc(Cl)cc1-c1cc(NC(=O)[C@H]2CCCO2)n[nH]1. The number of halogens is 1. The van der Waals surface area contributed by atoms with Crippen LogP contribution in [-0.4, -0.2) is 35.9 Å². The van der Waals surface area contributed by atoms with E-state index in [0.717, 1.165) is 18.4 Å². The Morgan fingerprint density at radius 2 is 2.36 bits per heavy atom. The number of carbonyl (C=O) groups excluding carboxylic acids is 1. The molecule has 3 rings (SSSR count). The molecule has 1 amide bonds. The number of rotatable bonds is 4. The molecule has 1 aromatic carbocycles. The summed E-state index contributed by atoms with van der Waals surface area (Å²) in [6, 6.07) is 7.05. The van der Waals surface area contributed by atoms with Gasteiger partial charge in [0, 0.05) is 23.3 Å². The number of nitrogens with zero attached hydrogens (tertiary/aromatic N) is 1. The molecule has 1 fully saturated rings. The molecule has 0 bridgehead atoms. The fraction of sp³-hybridized carbons (Fsp3) is 0.333.